The van der Waals surface area contributed by atoms with E-state index in [4.69, 9.17) is 23.2 Å². The summed E-state index contributed by atoms with van der Waals surface area (Å²) < 4.78 is 0. The summed E-state index contributed by atoms with van der Waals surface area (Å²) in [5.74, 6) is 0.137. The number of carbonyl (C=O) groups is 1. The van der Waals surface area contributed by atoms with E-state index in [0.717, 1.165) is 28.1 Å². The first-order chi connectivity index (χ1) is 12.1. The second-order valence-electron chi connectivity index (χ2n) is 7.97. The monoisotopic (exact) mass is 391 g/mol. The summed E-state index contributed by atoms with van der Waals surface area (Å²) in [5.41, 5.74) is 2.91. The minimum atomic E-state index is -0.430. The number of hydrogen-bond acceptors (Lipinski definition) is 1. The van der Waals surface area contributed by atoms with Gasteiger partial charge in [-0.1, -0.05) is 68.2 Å². The minimum Gasteiger partial charge on any atom is -0.353 e. The van der Waals surface area contributed by atoms with Crippen molar-refractivity contribution in [3.63, 3.8) is 0 Å². The maximum Gasteiger partial charge on any atom is 0.225 e. The number of rotatable bonds is 5. The van der Waals surface area contributed by atoms with Crippen LogP contribution < -0.4 is 5.32 Å². The number of halogens is 2. The Balaban J connectivity index is 2.32. The van der Waals surface area contributed by atoms with Crippen LogP contribution in [0.1, 0.15) is 50.3 Å². The Bertz CT molecular complexity index is 763. The van der Waals surface area contributed by atoms with Gasteiger partial charge < -0.3 is 5.32 Å². The Morgan fingerprint density at radius 3 is 2.23 bits per heavy atom. The zero-order valence-electron chi connectivity index (χ0n) is 16.1. The molecule has 0 aliphatic heterocycles. The van der Waals surface area contributed by atoms with Crippen LogP contribution in [0.3, 0.4) is 0 Å². The maximum atomic E-state index is 12.5. The van der Waals surface area contributed by atoms with Crippen molar-refractivity contribution < 1.29 is 4.79 Å². The third-order valence-electron chi connectivity index (χ3n) is 4.59. The summed E-state index contributed by atoms with van der Waals surface area (Å²) in [4.78, 5) is 12.5. The number of nitrogens with one attached hydrogen (secondary N) is 1. The second-order valence-corrected chi connectivity index (χ2v) is 8.81. The third-order valence-corrected chi connectivity index (χ3v) is 5.19. The molecule has 0 fully saturated rings. The lowest BCUT2D eigenvalue weighted by Crippen LogP contribution is -2.43. The van der Waals surface area contributed by atoms with Crippen LogP contribution in [-0.4, -0.2) is 11.9 Å². The van der Waals surface area contributed by atoms with Gasteiger partial charge >= 0.3 is 0 Å². The summed E-state index contributed by atoms with van der Waals surface area (Å²) in [5, 5.41) is 4.63. The lowest BCUT2D eigenvalue weighted by molar-refractivity contribution is -0.129. The fourth-order valence-corrected chi connectivity index (χ4v) is 3.31. The van der Waals surface area contributed by atoms with Gasteiger partial charge in [0.25, 0.3) is 0 Å². The summed E-state index contributed by atoms with van der Waals surface area (Å²) in [6.07, 6.45) is 0.742. The fraction of sp³-hybridized carbons (Fsp3) is 0.409. The molecule has 140 valence electrons. The molecule has 0 aliphatic rings. The first-order valence-electron chi connectivity index (χ1n) is 8.89. The highest BCUT2D eigenvalue weighted by atomic mass is 35.5. The van der Waals surface area contributed by atoms with E-state index in [1.54, 1.807) is 0 Å². The molecule has 0 spiro atoms. The SMILES string of the molecule is Cc1ccc(CC(c2ccc(Cl)cc2)C(C)NC(=O)C(C)(C)C)c(Cl)c1. The molecule has 1 N–H and O–H groups in total. The number of hydrogen-bond donors (Lipinski definition) is 1. The molecule has 0 saturated carbocycles. The summed E-state index contributed by atoms with van der Waals surface area (Å²) >= 11 is 12.5. The van der Waals surface area contributed by atoms with Gasteiger partial charge in [-0.25, -0.2) is 0 Å². The summed E-state index contributed by atoms with van der Waals surface area (Å²) in [6, 6.07) is 13.9. The van der Waals surface area contributed by atoms with Crippen molar-refractivity contribution >= 4 is 29.1 Å². The highest BCUT2D eigenvalue weighted by molar-refractivity contribution is 6.31. The average molecular weight is 392 g/mol. The van der Waals surface area contributed by atoms with Gasteiger partial charge in [-0.15, -0.1) is 0 Å². The molecule has 1 amide bonds. The van der Waals surface area contributed by atoms with E-state index in [-0.39, 0.29) is 17.9 Å². The Kier molecular flexibility index (Phi) is 6.76. The number of benzene rings is 2. The van der Waals surface area contributed by atoms with Crippen LogP contribution in [0.2, 0.25) is 10.0 Å². The van der Waals surface area contributed by atoms with Crippen molar-refractivity contribution in [3.05, 3.63) is 69.2 Å². The molecule has 4 heteroatoms. The molecule has 2 rings (SSSR count). The van der Waals surface area contributed by atoms with Crippen LogP contribution in [0.4, 0.5) is 0 Å². The van der Waals surface area contributed by atoms with Crippen molar-refractivity contribution in [2.45, 2.75) is 53.0 Å². The number of aryl methyl sites for hydroxylation is 1. The van der Waals surface area contributed by atoms with Gasteiger partial charge in [-0.3, -0.25) is 4.79 Å². The summed E-state index contributed by atoms with van der Waals surface area (Å²) in [6.45, 7) is 9.83. The van der Waals surface area contributed by atoms with Gasteiger partial charge in [0.05, 0.1) is 0 Å². The van der Waals surface area contributed by atoms with Crippen LogP contribution in [-0.2, 0) is 11.2 Å². The third kappa shape index (κ3) is 5.49. The Labute approximate surface area is 166 Å². The standard InChI is InChI=1S/C22H27Cl2NO/c1-14-6-7-17(20(24)12-14)13-19(16-8-10-18(23)11-9-16)15(2)25-21(26)22(3,4)5/h6-12,15,19H,13H2,1-5H3,(H,25,26). The molecule has 2 atom stereocenters. The molecular formula is C22H27Cl2NO. The Hall–Kier alpha value is -1.51. The van der Waals surface area contributed by atoms with Gasteiger partial charge in [0.2, 0.25) is 5.91 Å². The Morgan fingerprint density at radius 1 is 1.08 bits per heavy atom. The molecule has 2 nitrogen and oxygen atoms in total. The average Bonchev–Trinajstić information content (AvgIpc) is 2.54. The first kappa shape index (κ1) is 20.8. The van der Waals surface area contributed by atoms with Crippen LogP contribution in [0.25, 0.3) is 0 Å². The van der Waals surface area contributed by atoms with E-state index in [0.29, 0.717) is 5.02 Å². The highest BCUT2D eigenvalue weighted by Gasteiger charge is 2.27. The molecular weight excluding hydrogens is 365 g/mol. The van der Waals surface area contributed by atoms with Crippen LogP contribution in [0.15, 0.2) is 42.5 Å². The minimum absolute atomic E-state index is 0.0407. The number of amides is 1. The fourth-order valence-electron chi connectivity index (χ4n) is 2.87. The van der Waals surface area contributed by atoms with Crippen molar-refractivity contribution in [3.8, 4) is 0 Å². The van der Waals surface area contributed by atoms with E-state index in [9.17, 15) is 4.79 Å². The number of carbonyl (C=O) groups excluding carboxylic acids is 1. The topological polar surface area (TPSA) is 29.1 Å². The summed E-state index contributed by atoms with van der Waals surface area (Å²) in [7, 11) is 0. The molecule has 0 bridgehead atoms. The predicted octanol–water partition coefficient (Wildman–Crippen LogP) is 6.18. The molecule has 0 radical (unpaired) electrons. The van der Waals surface area contributed by atoms with Gasteiger partial charge in [0.1, 0.15) is 0 Å². The predicted molar refractivity (Wildman–Crippen MR) is 111 cm³/mol. The van der Waals surface area contributed by atoms with Gasteiger partial charge in [0.15, 0.2) is 0 Å². The second kappa shape index (κ2) is 8.45. The van der Waals surface area contributed by atoms with E-state index in [2.05, 4.69) is 17.4 Å². The van der Waals surface area contributed by atoms with Gasteiger partial charge in [0, 0.05) is 27.4 Å². The quantitative estimate of drug-likeness (QED) is 0.647. The van der Waals surface area contributed by atoms with Crippen molar-refractivity contribution in [1.82, 2.24) is 5.32 Å². The van der Waals surface area contributed by atoms with Crippen LogP contribution >= 0.6 is 23.2 Å². The zero-order valence-corrected chi connectivity index (χ0v) is 17.6. The lowest BCUT2D eigenvalue weighted by atomic mass is 9.85. The molecule has 0 aromatic heterocycles. The lowest BCUT2D eigenvalue weighted by Gasteiger charge is -2.29. The van der Waals surface area contributed by atoms with Gasteiger partial charge in [-0.05, 0) is 55.2 Å². The normalized spacial score (nSPS) is 14.0. The molecule has 2 aromatic carbocycles. The van der Waals surface area contributed by atoms with E-state index in [1.165, 1.54) is 0 Å². The molecule has 26 heavy (non-hydrogen) atoms. The van der Waals surface area contributed by atoms with E-state index in [1.807, 2.05) is 65.0 Å². The van der Waals surface area contributed by atoms with Crippen LogP contribution in [0.5, 0.6) is 0 Å². The van der Waals surface area contributed by atoms with Crippen molar-refractivity contribution in [2.75, 3.05) is 0 Å². The smallest absolute Gasteiger partial charge is 0.225 e. The van der Waals surface area contributed by atoms with Crippen molar-refractivity contribution in [1.29, 1.82) is 0 Å². The van der Waals surface area contributed by atoms with Crippen LogP contribution in [0, 0.1) is 12.3 Å². The first-order valence-corrected chi connectivity index (χ1v) is 9.65. The molecule has 2 aromatic rings. The maximum absolute atomic E-state index is 12.5. The molecule has 0 aliphatic carbocycles. The molecule has 0 heterocycles. The van der Waals surface area contributed by atoms with Crippen molar-refractivity contribution in [2.24, 2.45) is 5.41 Å². The van der Waals surface area contributed by atoms with Gasteiger partial charge in [-0.2, -0.15) is 0 Å². The van der Waals surface area contributed by atoms with E-state index < -0.39 is 5.41 Å². The highest BCUT2D eigenvalue weighted by Crippen LogP contribution is 2.30. The Morgan fingerprint density at radius 2 is 1.69 bits per heavy atom. The molecule has 0 saturated heterocycles. The zero-order chi connectivity index (χ0) is 19.5. The van der Waals surface area contributed by atoms with E-state index >= 15 is 0 Å². The molecule has 2 unspecified atom stereocenters. The largest absolute Gasteiger partial charge is 0.353 e.